The van der Waals surface area contributed by atoms with Gasteiger partial charge in [-0.05, 0) is 19.1 Å². The second-order valence-corrected chi connectivity index (χ2v) is 4.96. The molecule has 0 bridgehead atoms. The first-order valence-electron chi connectivity index (χ1n) is 5.87. The van der Waals surface area contributed by atoms with Crippen LogP contribution in [0, 0.1) is 6.92 Å². The molecule has 0 aliphatic heterocycles. The molecule has 4 nitrogen and oxygen atoms in total. The first kappa shape index (κ1) is 14.8. The minimum atomic E-state index is -0.380. The summed E-state index contributed by atoms with van der Waals surface area (Å²) in [5.41, 5.74) is 1.99. The van der Waals surface area contributed by atoms with Crippen molar-refractivity contribution in [3.8, 4) is 11.4 Å². The van der Waals surface area contributed by atoms with E-state index in [-0.39, 0.29) is 17.5 Å². The van der Waals surface area contributed by atoms with Crippen molar-refractivity contribution >= 4 is 29.2 Å². The van der Waals surface area contributed by atoms with Crippen LogP contribution in [-0.4, -0.2) is 23.0 Å². The average Bonchev–Trinajstić information content (AvgIpc) is 2.42. The fourth-order valence-electron chi connectivity index (χ4n) is 1.74. The summed E-state index contributed by atoms with van der Waals surface area (Å²) in [5.74, 6) is 0.0951. The molecule has 1 heterocycles. The summed E-state index contributed by atoms with van der Waals surface area (Å²) in [7, 11) is 1.33. The second kappa shape index (κ2) is 6.20. The van der Waals surface area contributed by atoms with E-state index in [2.05, 4.69) is 14.7 Å². The van der Waals surface area contributed by atoms with Gasteiger partial charge < -0.3 is 4.74 Å². The van der Waals surface area contributed by atoms with Gasteiger partial charge in [-0.3, -0.25) is 4.79 Å². The number of aryl methyl sites for hydroxylation is 1. The van der Waals surface area contributed by atoms with Crippen molar-refractivity contribution in [2.75, 3.05) is 7.11 Å². The number of benzene rings is 1. The zero-order chi connectivity index (χ0) is 14.7. The van der Waals surface area contributed by atoms with Gasteiger partial charge in [0.1, 0.15) is 5.15 Å². The molecule has 0 saturated carbocycles. The third-order valence-electron chi connectivity index (χ3n) is 2.80. The molecule has 0 aliphatic rings. The monoisotopic (exact) mass is 310 g/mol. The molecular weight excluding hydrogens is 299 g/mol. The van der Waals surface area contributed by atoms with E-state index in [1.54, 1.807) is 19.1 Å². The first-order chi connectivity index (χ1) is 9.51. The van der Waals surface area contributed by atoms with E-state index in [1.807, 2.05) is 12.1 Å². The molecule has 104 valence electrons. The predicted molar refractivity (Wildman–Crippen MR) is 77.9 cm³/mol. The second-order valence-electron chi connectivity index (χ2n) is 4.17. The van der Waals surface area contributed by atoms with Gasteiger partial charge in [0.05, 0.1) is 13.5 Å². The van der Waals surface area contributed by atoms with Gasteiger partial charge in [0.2, 0.25) is 0 Å². The van der Waals surface area contributed by atoms with Crippen LogP contribution >= 0.6 is 23.2 Å². The lowest BCUT2D eigenvalue weighted by molar-refractivity contribution is -0.139. The molecule has 1 aromatic carbocycles. The van der Waals surface area contributed by atoms with Crippen LogP contribution in [0.3, 0.4) is 0 Å². The molecule has 0 saturated heterocycles. The van der Waals surface area contributed by atoms with Gasteiger partial charge in [-0.2, -0.15) is 0 Å². The van der Waals surface area contributed by atoms with E-state index in [4.69, 9.17) is 23.2 Å². The smallest absolute Gasteiger partial charge is 0.310 e. The molecule has 0 atom stereocenters. The molecule has 6 heteroatoms. The van der Waals surface area contributed by atoms with Crippen molar-refractivity contribution in [2.24, 2.45) is 0 Å². The number of aromatic nitrogens is 2. The topological polar surface area (TPSA) is 52.1 Å². The molecule has 2 rings (SSSR count). The van der Waals surface area contributed by atoms with Crippen molar-refractivity contribution in [2.45, 2.75) is 13.3 Å². The number of ether oxygens (including phenoxy) is 1. The molecule has 0 amide bonds. The van der Waals surface area contributed by atoms with E-state index >= 15 is 0 Å². The zero-order valence-electron chi connectivity index (χ0n) is 11.0. The lowest BCUT2D eigenvalue weighted by atomic mass is 10.1. The Morgan fingerprint density at radius 3 is 2.65 bits per heavy atom. The standard InChI is InChI=1S/C14H12Cl2N2O2/c1-8-11(7-12(19)20-2)13(16)18-14(17-8)9-4-3-5-10(15)6-9/h3-6H,7H2,1-2H3. The summed E-state index contributed by atoms with van der Waals surface area (Å²) in [5, 5.41) is 0.844. The average molecular weight is 311 g/mol. The Morgan fingerprint density at radius 1 is 1.30 bits per heavy atom. The Labute approximate surface area is 126 Å². The number of hydrogen-bond donors (Lipinski definition) is 0. The molecule has 1 aromatic heterocycles. The Balaban J connectivity index is 2.42. The van der Waals surface area contributed by atoms with Gasteiger partial charge >= 0.3 is 5.97 Å². The number of esters is 1. The van der Waals surface area contributed by atoms with Crippen molar-refractivity contribution in [3.63, 3.8) is 0 Å². The van der Waals surface area contributed by atoms with E-state index in [0.717, 1.165) is 5.56 Å². The molecule has 20 heavy (non-hydrogen) atoms. The van der Waals surface area contributed by atoms with Crippen LogP contribution in [0.25, 0.3) is 11.4 Å². The third kappa shape index (κ3) is 3.26. The zero-order valence-corrected chi connectivity index (χ0v) is 12.5. The van der Waals surface area contributed by atoms with Crippen LogP contribution < -0.4 is 0 Å². The number of carbonyl (C=O) groups is 1. The summed E-state index contributed by atoms with van der Waals surface area (Å²) in [4.78, 5) is 19.9. The van der Waals surface area contributed by atoms with Gasteiger partial charge in [-0.15, -0.1) is 0 Å². The highest BCUT2D eigenvalue weighted by Gasteiger charge is 2.15. The molecule has 0 aliphatic carbocycles. The van der Waals surface area contributed by atoms with Crippen molar-refractivity contribution in [1.29, 1.82) is 0 Å². The summed E-state index contributed by atoms with van der Waals surface area (Å²) in [6.45, 7) is 1.78. The quantitative estimate of drug-likeness (QED) is 0.643. The normalized spacial score (nSPS) is 10.4. The molecule has 0 spiro atoms. The first-order valence-corrected chi connectivity index (χ1v) is 6.62. The van der Waals surface area contributed by atoms with Crippen molar-refractivity contribution in [3.05, 3.63) is 45.7 Å². The van der Waals surface area contributed by atoms with E-state index in [9.17, 15) is 4.79 Å². The van der Waals surface area contributed by atoms with Gasteiger partial charge in [-0.1, -0.05) is 35.3 Å². The highest BCUT2D eigenvalue weighted by Crippen LogP contribution is 2.24. The molecule has 0 N–H and O–H groups in total. The molecule has 2 aromatic rings. The van der Waals surface area contributed by atoms with Gasteiger partial charge in [0.25, 0.3) is 0 Å². The van der Waals surface area contributed by atoms with Crippen LogP contribution in [0.15, 0.2) is 24.3 Å². The van der Waals surface area contributed by atoms with Crippen LogP contribution in [0.2, 0.25) is 10.2 Å². The molecule has 0 fully saturated rings. The summed E-state index contributed by atoms with van der Waals surface area (Å²) < 4.78 is 4.62. The summed E-state index contributed by atoms with van der Waals surface area (Å²) >= 11 is 12.1. The van der Waals surface area contributed by atoms with Gasteiger partial charge in [0.15, 0.2) is 5.82 Å². The fraction of sp³-hybridized carbons (Fsp3) is 0.214. The van der Waals surface area contributed by atoms with Crippen molar-refractivity contribution in [1.82, 2.24) is 9.97 Å². The molecular formula is C14H12Cl2N2O2. The SMILES string of the molecule is COC(=O)Cc1c(C)nc(-c2cccc(Cl)c2)nc1Cl. The van der Waals surface area contributed by atoms with E-state index < -0.39 is 0 Å². The van der Waals surface area contributed by atoms with Crippen LogP contribution in [-0.2, 0) is 16.0 Å². The van der Waals surface area contributed by atoms with Crippen LogP contribution in [0.4, 0.5) is 0 Å². The van der Waals surface area contributed by atoms with Crippen LogP contribution in [0.5, 0.6) is 0 Å². The lowest BCUT2D eigenvalue weighted by Gasteiger charge is -2.09. The fourth-order valence-corrected chi connectivity index (χ4v) is 2.21. The lowest BCUT2D eigenvalue weighted by Crippen LogP contribution is -2.09. The molecule has 0 radical (unpaired) electrons. The Kier molecular flexibility index (Phi) is 4.57. The maximum absolute atomic E-state index is 11.3. The maximum atomic E-state index is 11.3. The summed E-state index contributed by atoms with van der Waals surface area (Å²) in [6, 6.07) is 7.18. The van der Waals surface area contributed by atoms with E-state index in [1.165, 1.54) is 7.11 Å². The maximum Gasteiger partial charge on any atom is 0.310 e. The number of nitrogens with zero attached hydrogens (tertiary/aromatic N) is 2. The Hall–Kier alpha value is -1.65. The number of carbonyl (C=O) groups excluding carboxylic acids is 1. The Morgan fingerprint density at radius 2 is 2.05 bits per heavy atom. The largest absolute Gasteiger partial charge is 0.469 e. The van der Waals surface area contributed by atoms with Gasteiger partial charge in [-0.25, -0.2) is 9.97 Å². The number of halogens is 2. The molecule has 0 unspecified atom stereocenters. The highest BCUT2D eigenvalue weighted by atomic mass is 35.5. The number of rotatable bonds is 3. The highest BCUT2D eigenvalue weighted by molar-refractivity contribution is 6.31. The minimum absolute atomic E-state index is 0.0526. The number of hydrogen-bond acceptors (Lipinski definition) is 4. The van der Waals surface area contributed by atoms with Crippen molar-refractivity contribution < 1.29 is 9.53 Å². The number of methoxy groups -OCH3 is 1. The van der Waals surface area contributed by atoms with Gasteiger partial charge in [0, 0.05) is 21.8 Å². The van der Waals surface area contributed by atoms with Crippen LogP contribution in [0.1, 0.15) is 11.3 Å². The summed E-state index contributed by atoms with van der Waals surface area (Å²) in [6.07, 6.45) is 0.0526. The third-order valence-corrected chi connectivity index (χ3v) is 3.34. The Bertz CT molecular complexity index is 636. The minimum Gasteiger partial charge on any atom is -0.469 e. The predicted octanol–water partition coefficient (Wildman–Crippen LogP) is 3.47. The van der Waals surface area contributed by atoms with E-state index in [0.29, 0.717) is 22.1 Å².